The van der Waals surface area contributed by atoms with Crippen LogP contribution in [-0.4, -0.2) is 56.7 Å². The van der Waals surface area contributed by atoms with E-state index in [0.717, 1.165) is 51.4 Å². The number of hydrogen-bond donors (Lipinski definition) is 2. The fraction of sp³-hybridized carbons (Fsp3) is 0.913. The van der Waals surface area contributed by atoms with Gasteiger partial charge in [-0.25, -0.2) is 0 Å². The van der Waals surface area contributed by atoms with Crippen LogP contribution in [0.2, 0.25) is 0 Å². The quantitative estimate of drug-likeness (QED) is 0.587. The van der Waals surface area contributed by atoms with E-state index in [4.69, 9.17) is 0 Å². The minimum absolute atomic E-state index is 0.0148. The Morgan fingerprint density at radius 2 is 1.73 bits per heavy atom. The molecule has 0 aromatic heterocycles. The summed E-state index contributed by atoms with van der Waals surface area (Å²) in [7, 11) is 0. The highest BCUT2D eigenvalue weighted by Crippen LogP contribution is 2.46. The van der Waals surface area contributed by atoms with E-state index in [1.807, 2.05) is 16.7 Å². The third-order valence-corrected chi connectivity index (χ3v) is 9.53. The number of hydrogen-bond acceptors (Lipinski definition) is 4. The zero-order valence-electron chi connectivity index (χ0n) is 17.6. The highest BCUT2D eigenvalue weighted by molar-refractivity contribution is 8.00. The van der Waals surface area contributed by atoms with Gasteiger partial charge in [-0.1, -0.05) is 37.8 Å². The zero-order chi connectivity index (χ0) is 21.3. The average Bonchev–Trinajstić information content (AvgIpc) is 2.71. The predicted molar refractivity (Wildman–Crippen MR) is 114 cm³/mol. The maximum Gasteiger partial charge on any atom is 0.392 e. The van der Waals surface area contributed by atoms with E-state index in [9.17, 15) is 23.4 Å². The molecule has 2 N–H and O–H groups in total. The van der Waals surface area contributed by atoms with Crippen molar-refractivity contribution in [3.8, 4) is 0 Å². The van der Waals surface area contributed by atoms with Gasteiger partial charge in [0.15, 0.2) is 0 Å². The minimum Gasteiger partial charge on any atom is -0.393 e. The van der Waals surface area contributed by atoms with Gasteiger partial charge in [0, 0.05) is 23.1 Å². The first-order chi connectivity index (χ1) is 14.3. The number of halogens is 3. The number of allylic oxidation sites excluding steroid dienone is 1. The molecule has 0 aromatic carbocycles. The fourth-order valence-corrected chi connectivity index (χ4v) is 8.13. The SMILES string of the molecule is OC1CCCC(CC2SC3CC=CCC3N(CC3CCCCC3C(F)(F)F)C2O)C1. The lowest BCUT2D eigenvalue weighted by molar-refractivity contribution is -0.201. The summed E-state index contributed by atoms with van der Waals surface area (Å²) in [5.41, 5.74) is 0. The Hall–Kier alpha value is -0.240. The Bertz CT molecular complexity index is 601. The maximum atomic E-state index is 13.7. The summed E-state index contributed by atoms with van der Waals surface area (Å²) in [6.07, 6.45) is 7.89. The van der Waals surface area contributed by atoms with Gasteiger partial charge in [0.25, 0.3) is 0 Å². The molecule has 30 heavy (non-hydrogen) atoms. The molecule has 7 heteroatoms. The number of aliphatic hydroxyl groups excluding tert-OH is 2. The monoisotopic (exact) mass is 447 g/mol. The van der Waals surface area contributed by atoms with Crippen LogP contribution in [0.25, 0.3) is 0 Å². The van der Waals surface area contributed by atoms with Crippen molar-refractivity contribution in [3.63, 3.8) is 0 Å². The van der Waals surface area contributed by atoms with Crippen molar-refractivity contribution < 1.29 is 23.4 Å². The van der Waals surface area contributed by atoms with Gasteiger partial charge in [-0.05, 0) is 56.8 Å². The van der Waals surface area contributed by atoms with E-state index in [1.54, 1.807) is 0 Å². The van der Waals surface area contributed by atoms with Gasteiger partial charge in [-0.2, -0.15) is 13.2 Å². The lowest BCUT2D eigenvalue weighted by Gasteiger charge is -2.51. The van der Waals surface area contributed by atoms with Crippen molar-refractivity contribution >= 4 is 11.8 Å². The minimum atomic E-state index is -4.15. The summed E-state index contributed by atoms with van der Waals surface area (Å²) >= 11 is 1.84. The van der Waals surface area contributed by atoms with Crippen molar-refractivity contribution in [1.29, 1.82) is 0 Å². The van der Waals surface area contributed by atoms with E-state index < -0.39 is 24.2 Å². The van der Waals surface area contributed by atoms with Crippen molar-refractivity contribution in [3.05, 3.63) is 12.2 Å². The second-order valence-corrected chi connectivity index (χ2v) is 11.4. The number of nitrogens with zero attached hydrogens (tertiary/aromatic N) is 1. The summed E-state index contributed by atoms with van der Waals surface area (Å²) in [5.74, 6) is -1.26. The molecule has 0 radical (unpaired) electrons. The molecule has 4 rings (SSSR count). The largest absolute Gasteiger partial charge is 0.393 e. The molecule has 4 aliphatic rings. The summed E-state index contributed by atoms with van der Waals surface area (Å²) in [6.45, 7) is 0.352. The number of fused-ring (bicyclic) bond motifs is 1. The number of thioether (sulfide) groups is 1. The second kappa shape index (κ2) is 9.72. The fourth-order valence-electron chi connectivity index (χ4n) is 6.33. The molecule has 0 spiro atoms. The van der Waals surface area contributed by atoms with Crippen LogP contribution in [-0.2, 0) is 0 Å². The normalized spacial score (nSPS) is 43.4. The second-order valence-electron chi connectivity index (χ2n) is 9.95. The molecule has 2 saturated carbocycles. The third kappa shape index (κ3) is 5.21. The molecule has 0 amide bonds. The first kappa shape index (κ1) is 22.9. The molecule has 3 aliphatic carbocycles. The molecule has 1 aliphatic heterocycles. The Morgan fingerprint density at radius 1 is 0.967 bits per heavy atom. The number of alkyl halides is 3. The van der Waals surface area contributed by atoms with Crippen LogP contribution in [0.5, 0.6) is 0 Å². The van der Waals surface area contributed by atoms with Crippen molar-refractivity contribution in [2.45, 2.75) is 106 Å². The summed E-state index contributed by atoms with van der Waals surface area (Å²) in [5, 5.41) is 21.7. The number of aliphatic hydroxyl groups is 2. The van der Waals surface area contributed by atoms with Gasteiger partial charge in [0.1, 0.15) is 6.23 Å². The van der Waals surface area contributed by atoms with Crippen LogP contribution in [0.4, 0.5) is 13.2 Å². The first-order valence-electron chi connectivity index (χ1n) is 11.8. The van der Waals surface area contributed by atoms with Crippen LogP contribution in [0, 0.1) is 17.8 Å². The maximum absolute atomic E-state index is 13.7. The average molecular weight is 448 g/mol. The van der Waals surface area contributed by atoms with Crippen LogP contribution >= 0.6 is 11.8 Å². The van der Waals surface area contributed by atoms with Crippen LogP contribution in [0.15, 0.2) is 12.2 Å². The van der Waals surface area contributed by atoms with Crippen molar-refractivity contribution in [1.82, 2.24) is 4.90 Å². The van der Waals surface area contributed by atoms with Gasteiger partial charge in [0.2, 0.25) is 0 Å². The number of rotatable bonds is 4. The Balaban J connectivity index is 1.49. The van der Waals surface area contributed by atoms with E-state index in [0.29, 0.717) is 30.6 Å². The third-order valence-electron chi connectivity index (χ3n) is 7.89. The molecule has 8 atom stereocenters. The van der Waals surface area contributed by atoms with Crippen LogP contribution in [0.1, 0.15) is 70.6 Å². The molecule has 1 saturated heterocycles. The van der Waals surface area contributed by atoms with E-state index in [-0.39, 0.29) is 23.8 Å². The molecule has 172 valence electrons. The van der Waals surface area contributed by atoms with E-state index >= 15 is 0 Å². The summed E-state index contributed by atoms with van der Waals surface area (Å²) < 4.78 is 41.0. The molecule has 3 fully saturated rings. The Kier molecular flexibility index (Phi) is 7.43. The summed E-state index contributed by atoms with van der Waals surface area (Å²) in [6, 6.07) is 0.124. The smallest absolute Gasteiger partial charge is 0.392 e. The van der Waals surface area contributed by atoms with Gasteiger partial charge < -0.3 is 10.2 Å². The van der Waals surface area contributed by atoms with Crippen molar-refractivity contribution in [2.75, 3.05) is 6.54 Å². The highest BCUT2D eigenvalue weighted by Gasteiger charge is 2.49. The highest BCUT2D eigenvalue weighted by atomic mass is 32.2. The topological polar surface area (TPSA) is 43.7 Å². The molecular weight excluding hydrogens is 411 g/mol. The van der Waals surface area contributed by atoms with Crippen molar-refractivity contribution in [2.24, 2.45) is 17.8 Å². The molecule has 1 heterocycles. The Morgan fingerprint density at radius 3 is 2.50 bits per heavy atom. The molecular formula is C23H36F3NO2S. The molecule has 8 unspecified atom stereocenters. The molecule has 0 aromatic rings. The lowest BCUT2D eigenvalue weighted by atomic mass is 9.78. The standard InChI is InChI=1S/C23H36F3NO2S/c24-23(25,26)18-9-2-1-7-16(18)14-27-19-10-3-4-11-20(19)30-21(22(27)29)13-15-6-5-8-17(28)12-15/h3-4,15-22,28-29H,1-2,5-14H2. The first-order valence-corrected chi connectivity index (χ1v) is 12.8. The molecule has 0 bridgehead atoms. The van der Waals surface area contributed by atoms with Gasteiger partial charge in [0.05, 0.1) is 12.0 Å². The van der Waals surface area contributed by atoms with Crippen LogP contribution < -0.4 is 0 Å². The van der Waals surface area contributed by atoms with Gasteiger partial charge >= 0.3 is 6.18 Å². The van der Waals surface area contributed by atoms with Gasteiger partial charge in [-0.3, -0.25) is 4.90 Å². The van der Waals surface area contributed by atoms with Crippen LogP contribution in [0.3, 0.4) is 0 Å². The van der Waals surface area contributed by atoms with E-state index in [1.165, 1.54) is 0 Å². The Labute approximate surface area is 182 Å². The van der Waals surface area contributed by atoms with E-state index in [2.05, 4.69) is 12.2 Å². The predicted octanol–water partition coefficient (Wildman–Crippen LogP) is 5.12. The van der Waals surface area contributed by atoms with Gasteiger partial charge in [-0.15, -0.1) is 11.8 Å². The lowest BCUT2D eigenvalue weighted by Crippen LogP contribution is -2.59. The zero-order valence-corrected chi connectivity index (χ0v) is 18.5. The molecule has 3 nitrogen and oxygen atoms in total. The summed E-state index contributed by atoms with van der Waals surface area (Å²) in [4.78, 5) is 2.04.